The number of nitrogens with two attached hydrogens (primary N) is 1. The first-order chi connectivity index (χ1) is 4.83. The number of rotatable bonds is 3. The molecule has 1 fully saturated rings. The molecule has 0 bridgehead atoms. The van der Waals surface area contributed by atoms with Gasteiger partial charge in [-0.15, -0.1) is 0 Å². The molecule has 0 spiro atoms. The van der Waals surface area contributed by atoms with E-state index in [4.69, 9.17) is 5.73 Å². The van der Waals surface area contributed by atoms with Crippen LogP contribution in [0.15, 0.2) is 0 Å². The lowest BCUT2D eigenvalue weighted by Gasteiger charge is -2.25. The Morgan fingerprint density at radius 2 is 2.00 bits per heavy atom. The SMILES string of the molecule is CSC1(CCN)CCCC1. The number of thioether (sulfide) groups is 1. The molecule has 0 heterocycles. The summed E-state index contributed by atoms with van der Waals surface area (Å²) in [6.07, 6.45) is 9.06. The third-order valence-electron chi connectivity index (χ3n) is 2.55. The van der Waals surface area contributed by atoms with Gasteiger partial charge in [0.05, 0.1) is 0 Å². The van der Waals surface area contributed by atoms with Crippen LogP contribution in [-0.4, -0.2) is 17.5 Å². The average Bonchev–Trinajstić information content (AvgIpc) is 2.39. The van der Waals surface area contributed by atoms with Gasteiger partial charge < -0.3 is 5.73 Å². The molecule has 0 aromatic carbocycles. The predicted octanol–water partition coefficient (Wildman–Crippen LogP) is 2.01. The van der Waals surface area contributed by atoms with Crippen LogP contribution in [0, 0.1) is 0 Å². The highest BCUT2D eigenvalue weighted by molar-refractivity contribution is 8.00. The third kappa shape index (κ3) is 1.67. The normalized spacial score (nSPS) is 23.4. The molecule has 1 rings (SSSR count). The zero-order chi connectivity index (χ0) is 7.45. The molecule has 0 aromatic rings. The van der Waals surface area contributed by atoms with E-state index in [-0.39, 0.29) is 0 Å². The zero-order valence-electron chi connectivity index (χ0n) is 6.73. The minimum Gasteiger partial charge on any atom is -0.330 e. The molecule has 0 radical (unpaired) electrons. The molecule has 0 amide bonds. The van der Waals surface area contributed by atoms with Crippen molar-refractivity contribution in [1.29, 1.82) is 0 Å². The van der Waals surface area contributed by atoms with Crippen molar-refractivity contribution in [3.05, 3.63) is 0 Å². The van der Waals surface area contributed by atoms with Crippen molar-refractivity contribution in [2.45, 2.75) is 36.9 Å². The Labute approximate surface area is 67.8 Å². The maximum atomic E-state index is 5.56. The quantitative estimate of drug-likeness (QED) is 0.681. The van der Waals surface area contributed by atoms with Crippen molar-refractivity contribution in [2.24, 2.45) is 5.73 Å². The molecule has 10 heavy (non-hydrogen) atoms. The van der Waals surface area contributed by atoms with Crippen LogP contribution in [0.5, 0.6) is 0 Å². The van der Waals surface area contributed by atoms with Crippen LogP contribution in [-0.2, 0) is 0 Å². The fourth-order valence-corrected chi connectivity index (χ4v) is 2.86. The summed E-state index contributed by atoms with van der Waals surface area (Å²) in [4.78, 5) is 0. The first-order valence-corrected chi connectivity index (χ1v) is 5.31. The molecular weight excluding hydrogens is 142 g/mol. The molecule has 1 nitrogen and oxygen atoms in total. The fourth-order valence-electron chi connectivity index (χ4n) is 1.84. The second-order valence-corrected chi connectivity index (χ2v) is 4.41. The Hall–Kier alpha value is 0.310. The monoisotopic (exact) mass is 159 g/mol. The summed E-state index contributed by atoms with van der Waals surface area (Å²) in [5.74, 6) is 0. The summed E-state index contributed by atoms with van der Waals surface area (Å²) >= 11 is 2.02. The molecule has 1 aliphatic rings. The first kappa shape index (κ1) is 8.41. The van der Waals surface area contributed by atoms with Crippen molar-refractivity contribution in [3.8, 4) is 0 Å². The van der Waals surface area contributed by atoms with Gasteiger partial charge in [-0.25, -0.2) is 0 Å². The van der Waals surface area contributed by atoms with Gasteiger partial charge in [-0.1, -0.05) is 12.8 Å². The van der Waals surface area contributed by atoms with Crippen LogP contribution >= 0.6 is 11.8 Å². The van der Waals surface area contributed by atoms with E-state index in [0.29, 0.717) is 4.75 Å². The Morgan fingerprint density at radius 1 is 1.40 bits per heavy atom. The largest absolute Gasteiger partial charge is 0.330 e. The highest BCUT2D eigenvalue weighted by Crippen LogP contribution is 2.42. The lowest BCUT2D eigenvalue weighted by atomic mass is 10.0. The Morgan fingerprint density at radius 3 is 2.40 bits per heavy atom. The predicted molar refractivity (Wildman–Crippen MR) is 48.4 cm³/mol. The Kier molecular flexibility index (Phi) is 3.05. The van der Waals surface area contributed by atoms with Crippen molar-refractivity contribution in [2.75, 3.05) is 12.8 Å². The fraction of sp³-hybridized carbons (Fsp3) is 1.00. The number of hydrogen-bond donors (Lipinski definition) is 1. The van der Waals surface area contributed by atoms with Crippen molar-refractivity contribution in [1.82, 2.24) is 0 Å². The summed E-state index contributed by atoms with van der Waals surface area (Å²) < 4.78 is 0.578. The second-order valence-electron chi connectivity index (χ2n) is 3.13. The van der Waals surface area contributed by atoms with Crippen LogP contribution in [0.2, 0.25) is 0 Å². The van der Waals surface area contributed by atoms with E-state index in [0.717, 1.165) is 6.54 Å². The van der Waals surface area contributed by atoms with Gasteiger partial charge in [0.25, 0.3) is 0 Å². The summed E-state index contributed by atoms with van der Waals surface area (Å²) in [7, 11) is 0. The van der Waals surface area contributed by atoms with E-state index in [1.54, 1.807) is 0 Å². The van der Waals surface area contributed by atoms with E-state index in [1.807, 2.05) is 11.8 Å². The smallest absolute Gasteiger partial charge is 0.0169 e. The van der Waals surface area contributed by atoms with Gasteiger partial charge in [0, 0.05) is 4.75 Å². The van der Waals surface area contributed by atoms with Gasteiger partial charge in [0.2, 0.25) is 0 Å². The summed E-state index contributed by atoms with van der Waals surface area (Å²) in [6, 6.07) is 0. The van der Waals surface area contributed by atoms with Crippen molar-refractivity contribution < 1.29 is 0 Å². The van der Waals surface area contributed by atoms with Gasteiger partial charge in [-0.2, -0.15) is 11.8 Å². The lowest BCUT2D eigenvalue weighted by Crippen LogP contribution is -2.23. The van der Waals surface area contributed by atoms with Crippen LogP contribution in [0.25, 0.3) is 0 Å². The minimum atomic E-state index is 0.578. The van der Waals surface area contributed by atoms with Crippen LogP contribution in [0.3, 0.4) is 0 Å². The van der Waals surface area contributed by atoms with E-state index >= 15 is 0 Å². The molecular formula is C8H17NS. The van der Waals surface area contributed by atoms with Crippen molar-refractivity contribution >= 4 is 11.8 Å². The first-order valence-electron chi connectivity index (χ1n) is 4.08. The van der Waals surface area contributed by atoms with E-state index in [1.165, 1.54) is 32.1 Å². The molecule has 1 saturated carbocycles. The molecule has 60 valence electrons. The molecule has 0 aliphatic heterocycles. The molecule has 2 heteroatoms. The van der Waals surface area contributed by atoms with Crippen LogP contribution in [0.1, 0.15) is 32.1 Å². The lowest BCUT2D eigenvalue weighted by molar-refractivity contribution is 0.566. The van der Waals surface area contributed by atoms with E-state index in [2.05, 4.69) is 6.26 Å². The van der Waals surface area contributed by atoms with Gasteiger partial charge in [0.15, 0.2) is 0 Å². The Bertz CT molecular complexity index is 97.4. The topological polar surface area (TPSA) is 26.0 Å². The summed E-state index contributed by atoms with van der Waals surface area (Å²) in [5, 5.41) is 0. The Balaban J connectivity index is 2.41. The van der Waals surface area contributed by atoms with Gasteiger partial charge in [0.1, 0.15) is 0 Å². The minimum absolute atomic E-state index is 0.578. The van der Waals surface area contributed by atoms with Crippen LogP contribution in [0.4, 0.5) is 0 Å². The maximum Gasteiger partial charge on any atom is 0.0169 e. The maximum absolute atomic E-state index is 5.56. The standard InChI is InChI=1S/C8H17NS/c1-10-8(6-7-9)4-2-3-5-8/h2-7,9H2,1H3. The van der Waals surface area contributed by atoms with E-state index in [9.17, 15) is 0 Å². The van der Waals surface area contributed by atoms with Gasteiger partial charge >= 0.3 is 0 Å². The molecule has 0 saturated heterocycles. The molecule has 0 aromatic heterocycles. The highest BCUT2D eigenvalue weighted by Gasteiger charge is 2.31. The van der Waals surface area contributed by atoms with Crippen LogP contribution < -0.4 is 5.73 Å². The molecule has 2 N–H and O–H groups in total. The van der Waals surface area contributed by atoms with Crippen molar-refractivity contribution in [3.63, 3.8) is 0 Å². The summed E-state index contributed by atoms with van der Waals surface area (Å²) in [5.41, 5.74) is 5.56. The highest BCUT2D eigenvalue weighted by atomic mass is 32.2. The zero-order valence-corrected chi connectivity index (χ0v) is 7.54. The van der Waals surface area contributed by atoms with Gasteiger partial charge in [-0.3, -0.25) is 0 Å². The molecule has 0 atom stereocenters. The van der Waals surface area contributed by atoms with Gasteiger partial charge in [-0.05, 0) is 32.1 Å². The number of hydrogen-bond acceptors (Lipinski definition) is 2. The molecule has 1 aliphatic carbocycles. The summed E-state index contributed by atoms with van der Waals surface area (Å²) in [6.45, 7) is 0.862. The van der Waals surface area contributed by atoms with E-state index < -0.39 is 0 Å². The average molecular weight is 159 g/mol. The third-order valence-corrected chi connectivity index (χ3v) is 4.03. The molecule has 0 unspecified atom stereocenters. The second kappa shape index (κ2) is 3.63.